The number of benzene rings is 3. The summed E-state index contributed by atoms with van der Waals surface area (Å²) in [5, 5.41) is 0. The van der Waals surface area contributed by atoms with Crippen LogP contribution in [0.2, 0.25) is 0 Å². The molecule has 0 saturated heterocycles. The lowest BCUT2D eigenvalue weighted by atomic mass is 9.82. The van der Waals surface area contributed by atoms with Gasteiger partial charge in [-0.1, -0.05) is 42.0 Å². The second-order valence-corrected chi connectivity index (χ2v) is 7.08. The van der Waals surface area contributed by atoms with E-state index in [4.69, 9.17) is 0 Å². The average Bonchev–Trinajstić information content (AvgIpc) is 2.65. The number of Topliss-reactive ketones (excluding diaryl/α,β-unsaturated/α-hetero) is 2. The summed E-state index contributed by atoms with van der Waals surface area (Å²) in [5.74, 6) is -0.838. The zero-order valence-corrected chi connectivity index (χ0v) is 14.8. The first-order chi connectivity index (χ1) is 12.1. The Morgan fingerprint density at radius 2 is 1.20 bits per heavy atom. The van der Waals surface area contributed by atoms with Crippen LogP contribution in [0.3, 0.4) is 0 Å². The Morgan fingerprint density at radius 1 is 0.640 bits per heavy atom. The molecule has 0 amide bonds. The van der Waals surface area contributed by atoms with E-state index in [0.717, 1.165) is 27.8 Å². The van der Waals surface area contributed by atoms with Crippen molar-refractivity contribution in [2.45, 2.75) is 11.8 Å². The molecule has 0 bridgehead atoms. The highest BCUT2D eigenvalue weighted by molar-refractivity contribution is 7.98. The van der Waals surface area contributed by atoms with E-state index in [-0.39, 0.29) is 0 Å². The molecule has 0 saturated carbocycles. The molecule has 25 heavy (non-hydrogen) atoms. The van der Waals surface area contributed by atoms with Crippen LogP contribution in [-0.2, 0) is 0 Å². The molecule has 3 heteroatoms. The molecule has 2 nitrogen and oxygen atoms in total. The molecule has 0 N–H and O–H groups in total. The van der Waals surface area contributed by atoms with Crippen LogP contribution in [-0.4, -0.2) is 17.8 Å². The maximum atomic E-state index is 12.4. The maximum Gasteiger partial charge on any atom is 0.234 e. The van der Waals surface area contributed by atoms with Crippen molar-refractivity contribution in [1.29, 1.82) is 0 Å². The van der Waals surface area contributed by atoms with E-state index < -0.39 is 11.6 Å². The Kier molecular flexibility index (Phi) is 3.81. The molecular formula is C22H16O2S. The number of rotatable bonds is 2. The van der Waals surface area contributed by atoms with Gasteiger partial charge in [-0.15, -0.1) is 11.8 Å². The third-order valence-electron chi connectivity index (χ3n) is 4.60. The monoisotopic (exact) mass is 344 g/mol. The summed E-state index contributed by atoms with van der Waals surface area (Å²) < 4.78 is 0. The van der Waals surface area contributed by atoms with Crippen molar-refractivity contribution in [1.82, 2.24) is 0 Å². The Morgan fingerprint density at radius 3 is 1.84 bits per heavy atom. The molecule has 4 rings (SSSR count). The molecule has 0 fully saturated rings. The Hall–Kier alpha value is -2.65. The first kappa shape index (κ1) is 15.9. The second kappa shape index (κ2) is 6.01. The van der Waals surface area contributed by atoms with Gasteiger partial charge in [0.2, 0.25) is 11.6 Å². The minimum atomic E-state index is -0.421. The molecule has 0 atom stereocenters. The van der Waals surface area contributed by atoms with E-state index in [9.17, 15) is 9.59 Å². The molecule has 0 aromatic heterocycles. The van der Waals surface area contributed by atoms with E-state index in [1.807, 2.05) is 31.2 Å². The third-order valence-corrected chi connectivity index (χ3v) is 5.35. The Balaban J connectivity index is 1.90. The maximum absolute atomic E-state index is 12.4. The van der Waals surface area contributed by atoms with Crippen molar-refractivity contribution in [3.8, 4) is 22.3 Å². The Labute approximate surface area is 150 Å². The largest absolute Gasteiger partial charge is 0.285 e. The molecule has 1 aliphatic rings. The summed E-state index contributed by atoms with van der Waals surface area (Å²) in [5.41, 5.74) is 5.89. The lowest BCUT2D eigenvalue weighted by molar-refractivity contribution is 0.0815. The summed E-state index contributed by atoms with van der Waals surface area (Å²) in [6.45, 7) is 1.99. The molecule has 1 aliphatic carbocycles. The molecule has 3 aromatic rings. The van der Waals surface area contributed by atoms with Crippen LogP contribution in [0.15, 0.2) is 65.6 Å². The van der Waals surface area contributed by atoms with Crippen molar-refractivity contribution < 1.29 is 9.59 Å². The highest BCUT2D eigenvalue weighted by atomic mass is 32.2. The first-order valence-corrected chi connectivity index (χ1v) is 9.29. The van der Waals surface area contributed by atoms with E-state index >= 15 is 0 Å². The van der Waals surface area contributed by atoms with Gasteiger partial charge in [-0.2, -0.15) is 0 Å². The lowest BCUT2D eigenvalue weighted by Crippen LogP contribution is -2.21. The Bertz CT molecular complexity index is 1020. The zero-order chi connectivity index (χ0) is 17.6. The minimum Gasteiger partial charge on any atom is -0.285 e. The molecule has 0 heterocycles. The van der Waals surface area contributed by atoms with Gasteiger partial charge in [0.1, 0.15) is 0 Å². The van der Waals surface area contributed by atoms with Gasteiger partial charge < -0.3 is 0 Å². The van der Waals surface area contributed by atoms with E-state index in [0.29, 0.717) is 11.1 Å². The fourth-order valence-electron chi connectivity index (χ4n) is 3.25. The molecule has 0 unspecified atom stereocenters. The fourth-order valence-corrected chi connectivity index (χ4v) is 3.66. The van der Waals surface area contributed by atoms with E-state index in [1.165, 1.54) is 4.90 Å². The normalized spacial score (nSPS) is 12.7. The van der Waals surface area contributed by atoms with Crippen LogP contribution >= 0.6 is 11.8 Å². The van der Waals surface area contributed by atoms with Gasteiger partial charge in [0, 0.05) is 16.0 Å². The summed E-state index contributed by atoms with van der Waals surface area (Å²) in [6.07, 6.45) is 2.05. The van der Waals surface area contributed by atoms with Crippen molar-refractivity contribution in [3.05, 3.63) is 77.4 Å². The van der Waals surface area contributed by atoms with Crippen LogP contribution in [0.25, 0.3) is 22.3 Å². The number of carbonyl (C=O) groups is 2. The number of hydrogen-bond acceptors (Lipinski definition) is 3. The molecular weight excluding hydrogens is 328 g/mol. The second-order valence-electron chi connectivity index (χ2n) is 6.20. The fraction of sp³-hybridized carbons (Fsp3) is 0.0909. The summed E-state index contributed by atoms with van der Waals surface area (Å²) in [4.78, 5) is 26.0. The number of ketones is 2. The van der Waals surface area contributed by atoms with Gasteiger partial charge in [-0.3, -0.25) is 9.59 Å². The van der Waals surface area contributed by atoms with Crippen molar-refractivity contribution in [3.63, 3.8) is 0 Å². The van der Waals surface area contributed by atoms with Gasteiger partial charge in [0.25, 0.3) is 0 Å². The van der Waals surface area contributed by atoms with Gasteiger partial charge in [-0.25, -0.2) is 0 Å². The first-order valence-electron chi connectivity index (χ1n) is 8.07. The molecule has 0 radical (unpaired) electrons. The SMILES string of the molecule is CSc1ccc(-c2ccc3c(c2)-c2cc(C)ccc2C(=O)C3=O)cc1. The third kappa shape index (κ3) is 2.61. The van der Waals surface area contributed by atoms with Crippen LogP contribution in [0.5, 0.6) is 0 Å². The highest BCUT2D eigenvalue weighted by Crippen LogP contribution is 2.37. The van der Waals surface area contributed by atoms with Gasteiger partial charge >= 0.3 is 0 Å². The van der Waals surface area contributed by atoms with Crippen molar-refractivity contribution in [2.75, 3.05) is 6.26 Å². The standard InChI is InChI=1S/C22H16O2S/c1-13-3-9-17-19(11-13)20-12-15(6-10-18(20)22(24)21(17)23)14-4-7-16(25-2)8-5-14/h3-12H,1-2H3. The van der Waals surface area contributed by atoms with Crippen molar-refractivity contribution in [2.24, 2.45) is 0 Å². The van der Waals surface area contributed by atoms with Crippen molar-refractivity contribution >= 4 is 23.3 Å². The topological polar surface area (TPSA) is 34.1 Å². The smallest absolute Gasteiger partial charge is 0.234 e. The number of carbonyl (C=O) groups excluding carboxylic acids is 2. The number of fused-ring (bicyclic) bond motifs is 3. The van der Waals surface area contributed by atoms with Crippen LogP contribution in [0, 0.1) is 6.92 Å². The van der Waals surface area contributed by atoms with Gasteiger partial charge in [0.15, 0.2) is 0 Å². The van der Waals surface area contributed by atoms with Crippen LogP contribution in [0.1, 0.15) is 26.3 Å². The van der Waals surface area contributed by atoms with Crippen LogP contribution < -0.4 is 0 Å². The summed E-state index contributed by atoms with van der Waals surface area (Å²) in [7, 11) is 0. The minimum absolute atomic E-state index is 0.417. The van der Waals surface area contributed by atoms with E-state index in [1.54, 1.807) is 23.9 Å². The molecule has 3 aromatic carbocycles. The highest BCUT2D eigenvalue weighted by Gasteiger charge is 2.30. The zero-order valence-electron chi connectivity index (χ0n) is 14.0. The molecule has 0 spiro atoms. The summed E-state index contributed by atoms with van der Waals surface area (Å²) in [6, 6.07) is 19.7. The predicted octanol–water partition coefficient (Wildman–Crippen LogP) is 5.43. The number of hydrogen-bond donors (Lipinski definition) is 0. The predicted molar refractivity (Wildman–Crippen MR) is 102 cm³/mol. The lowest BCUT2D eigenvalue weighted by Gasteiger charge is -2.19. The number of aryl methyl sites for hydroxylation is 1. The van der Waals surface area contributed by atoms with E-state index in [2.05, 4.69) is 30.5 Å². The molecule has 0 aliphatic heterocycles. The number of thioether (sulfide) groups is 1. The quantitative estimate of drug-likeness (QED) is 0.459. The summed E-state index contributed by atoms with van der Waals surface area (Å²) >= 11 is 1.71. The van der Waals surface area contributed by atoms with Crippen LogP contribution in [0.4, 0.5) is 0 Å². The molecule has 122 valence electrons. The average molecular weight is 344 g/mol. The van der Waals surface area contributed by atoms with Gasteiger partial charge in [0.05, 0.1) is 0 Å². The van der Waals surface area contributed by atoms with Gasteiger partial charge in [-0.05, 0) is 59.7 Å².